The molecule has 0 fully saturated rings. The Morgan fingerprint density at radius 3 is 0.537 bits per heavy atom. The summed E-state index contributed by atoms with van der Waals surface area (Å²) in [7, 11) is 0. The summed E-state index contributed by atoms with van der Waals surface area (Å²) < 4.78 is 0. The van der Waals surface area contributed by atoms with E-state index in [2.05, 4.69) is 146 Å². The van der Waals surface area contributed by atoms with Gasteiger partial charge < -0.3 is 37.2 Å². The van der Waals surface area contributed by atoms with Crippen molar-refractivity contribution in [3.8, 4) is 33.4 Å². The van der Waals surface area contributed by atoms with Crippen LogP contribution in [0.3, 0.4) is 0 Å². The second kappa shape index (κ2) is 38.1. The average Bonchev–Trinajstić information content (AvgIpc) is 3.09. The predicted octanol–water partition coefficient (Wildman–Crippen LogP) is 5.11. The zero-order valence-electron chi connectivity index (χ0n) is 30.7. The van der Waals surface area contributed by atoms with Crippen molar-refractivity contribution in [3.63, 3.8) is 0 Å². The van der Waals surface area contributed by atoms with Crippen LogP contribution in [0.15, 0.2) is 164 Å². The minimum absolute atomic E-state index is 0. The Morgan fingerprint density at radius 1 is 0.241 bits per heavy atom. The molecule has 0 aromatic heterocycles. The van der Waals surface area contributed by atoms with Crippen LogP contribution >= 0.6 is 0 Å². The fourth-order valence-corrected chi connectivity index (χ4v) is 5.43. The molecule has 3 aliphatic carbocycles. The van der Waals surface area contributed by atoms with Gasteiger partial charge in [0.15, 0.2) is 0 Å². The zero-order chi connectivity index (χ0) is 33.2. The summed E-state index contributed by atoms with van der Waals surface area (Å²) in [4.78, 5) is 0. The summed E-state index contributed by atoms with van der Waals surface area (Å²) in [6.45, 7) is 0. The van der Waals surface area contributed by atoms with Gasteiger partial charge in [-0.15, -0.1) is 16.7 Å². The first-order chi connectivity index (χ1) is 23.9. The van der Waals surface area contributed by atoms with Crippen molar-refractivity contribution < 1.29 is 100 Å². The molecule has 7 rings (SSSR count). The maximum absolute atomic E-state index is 3.09. The maximum Gasteiger partial charge on any atom is 2.00 e. The van der Waals surface area contributed by atoms with Gasteiger partial charge in [0.25, 0.3) is 0 Å². The van der Waals surface area contributed by atoms with Crippen LogP contribution < -0.4 is 37.2 Å². The third-order valence-corrected chi connectivity index (χ3v) is 8.09. The number of benzene rings is 4. The van der Waals surface area contributed by atoms with Crippen molar-refractivity contribution in [1.82, 2.24) is 0 Å². The first kappa shape index (κ1) is 56.6. The van der Waals surface area contributed by atoms with E-state index in [0.717, 1.165) is 0 Å². The van der Waals surface area contributed by atoms with E-state index in [0.29, 0.717) is 0 Å². The second-order valence-corrected chi connectivity index (χ2v) is 12.0. The third-order valence-electron chi connectivity index (χ3n) is 8.09. The maximum atomic E-state index is 3.09. The minimum atomic E-state index is 0. The Labute approximate surface area is 389 Å². The summed E-state index contributed by atoms with van der Waals surface area (Å²) in [6.07, 6.45) is 42.0. The number of hydrogen-bond donors (Lipinski definition) is 0. The van der Waals surface area contributed by atoms with Crippen molar-refractivity contribution >= 4 is 0 Å². The van der Waals surface area contributed by atoms with E-state index in [1.54, 1.807) is 0 Å². The molecule has 4 aromatic rings. The summed E-state index contributed by atoms with van der Waals surface area (Å²) in [5.74, 6) is 0. The Kier molecular flexibility index (Phi) is 40.0. The van der Waals surface area contributed by atoms with Crippen LogP contribution in [-0.2, 0) is 63.2 Å². The van der Waals surface area contributed by atoms with Crippen LogP contribution in [0.1, 0.15) is 77.0 Å². The largest absolute Gasteiger partial charge is 2.00 e. The fraction of sp³-hybridized carbons (Fsp3) is 0.250. The van der Waals surface area contributed by atoms with E-state index >= 15 is 0 Å². The van der Waals surface area contributed by atoms with E-state index in [9.17, 15) is 0 Å². The predicted molar refractivity (Wildman–Crippen MR) is 210 cm³/mol. The molecule has 3 aliphatic rings. The molecule has 0 saturated heterocycles. The van der Waals surface area contributed by atoms with Gasteiger partial charge in [-0.1, -0.05) is 91.1 Å². The smallest absolute Gasteiger partial charge is 1.00 e. The standard InChI is InChI=1S/C24H15.3C8H12.3ClH.3Pt/c1-4-10-19(11-5-1)22-16-23(20-12-6-2-7-13-20)18-24(17-22)21-14-8-3-9-15-21;3*1-2-4-6-8-7-5-3-1;;;;;;/h4-18H;3*1-2,7-8H,3-6H2;3*1H;;;/q-3;;;;;;;3*+2/p-3/b;3*2-1-,8-7-;;;;;;. The molecule has 0 heterocycles. The number of hydrogen-bond acceptors (Lipinski definition) is 0. The van der Waals surface area contributed by atoms with Gasteiger partial charge in [-0.25, -0.2) is 0 Å². The van der Waals surface area contributed by atoms with Crippen LogP contribution in [0.25, 0.3) is 33.4 Å². The Morgan fingerprint density at radius 2 is 0.389 bits per heavy atom. The molecule has 0 amide bonds. The summed E-state index contributed by atoms with van der Waals surface area (Å²) in [5, 5.41) is 0. The molecule has 0 bridgehead atoms. The number of rotatable bonds is 3. The topological polar surface area (TPSA) is 0 Å². The molecule has 6 heteroatoms. The first-order valence-electron chi connectivity index (χ1n) is 17.8. The summed E-state index contributed by atoms with van der Waals surface area (Å²) in [5.41, 5.74) is 7.21. The molecule has 0 spiro atoms. The van der Waals surface area contributed by atoms with E-state index in [4.69, 9.17) is 0 Å². The monoisotopic (exact) mass is 1320 g/mol. The van der Waals surface area contributed by atoms with Crippen molar-refractivity contribution in [2.45, 2.75) is 77.0 Å². The van der Waals surface area contributed by atoms with Crippen LogP contribution in [0.2, 0.25) is 0 Å². The van der Waals surface area contributed by atoms with Gasteiger partial charge >= 0.3 is 63.2 Å². The number of halogens is 3. The van der Waals surface area contributed by atoms with Crippen molar-refractivity contribution in [3.05, 3.63) is 182 Å². The van der Waals surface area contributed by atoms with Gasteiger partial charge in [0, 0.05) is 0 Å². The second-order valence-electron chi connectivity index (χ2n) is 12.0. The van der Waals surface area contributed by atoms with E-state index < -0.39 is 0 Å². The molecule has 0 nitrogen and oxygen atoms in total. The third kappa shape index (κ3) is 24.7. The van der Waals surface area contributed by atoms with Gasteiger partial charge in [0.2, 0.25) is 0 Å². The molecule has 294 valence electrons. The van der Waals surface area contributed by atoms with Gasteiger partial charge in [-0.05, 0) is 93.7 Å². The zero-order valence-corrected chi connectivity index (χ0v) is 39.7. The van der Waals surface area contributed by atoms with Crippen LogP contribution in [0, 0.1) is 18.2 Å². The normalized spacial score (nSPS) is 17.1. The Balaban J connectivity index is -0.000000725. The molecule has 0 N–H and O–H groups in total. The summed E-state index contributed by atoms with van der Waals surface area (Å²) >= 11 is 0. The van der Waals surface area contributed by atoms with Crippen LogP contribution in [0.5, 0.6) is 0 Å². The molecule has 54 heavy (non-hydrogen) atoms. The SMILES string of the molecule is C1=C\CC/C=C\CC/1.C1=C\CC/C=C\CC/1.C1=C\CC/C=C\CC/1.[Cl-].[Cl-].[Cl-].[Pt+2].[Pt+2].[Pt+2].[c-]1ccc(-c2cc(-c3cc[c-]cc3)cc(-c3cc[c-]cc3)c2)cc1. The Hall–Kier alpha value is -1.75. The molecule has 0 atom stereocenters. The van der Waals surface area contributed by atoms with Gasteiger partial charge in [-0.3, -0.25) is 0 Å². The van der Waals surface area contributed by atoms with Crippen molar-refractivity contribution in [2.75, 3.05) is 0 Å². The Bertz CT molecular complexity index is 1330. The van der Waals surface area contributed by atoms with Gasteiger partial charge in [-0.2, -0.15) is 91.0 Å². The average molecular weight is 1320 g/mol. The van der Waals surface area contributed by atoms with E-state index in [1.165, 1.54) is 110 Å². The minimum Gasteiger partial charge on any atom is -1.00 e. The first-order valence-corrected chi connectivity index (χ1v) is 17.8. The fourth-order valence-electron chi connectivity index (χ4n) is 5.43. The molecule has 0 saturated carbocycles. The number of allylic oxidation sites excluding steroid dienone is 12. The van der Waals surface area contributed by atoms with Gasteiger partial charge in [0.05, 0.1) is 0 Å². The van der Waals surface area contributed by atoms with Crippen molar-refractivity contribution in [2.24, 2.45) is 0 Å². The molecular formula is C48H51Cl3Pt3. The molecule has 0 aliphatic heterocycles. The molecule has 4 aromatic carbocycles. The quantitative estimate of drug-likeness (QED) is 0.198. The van der Waals surface area contributed by atoms with Crippen LogP contribution in [-0.4, -0.2) is 0 Å². The molecule has 0 unspecified atom stereocenters. The van der Waals surface area contributed by atoms with E-state index in [1.807, 2.05) is 36.4 Å². The molecular weight excluding hydrogens is 1270 g/mol. The van der Waals surface area contributed by atoms with Gasteiger partial charge in [0.1, 0.15) is 0 Å². The summed E-state index contributed by atoms with van der Waals surface area (Å²) in [6, 6.07) is 40.3. The van der Waals surface area contributed by atoms with E-state index in [-0.39, 0.29) is 100 Å². The molecule has 0 radical (unpaired) electrons. The van der Waals surface area contributed by atoms with Crippen molar-refractivity contribution in [1.29, 1.82) is 0 Å². The van der Waals surface area contributed by atoms with Crippen LogP contribution in [0.4, 0.5) is 0 Å².